The summed E-state index contributed by atoms with van der Waals surface area (Å²) in [6.07, 6.45) is 2.13. The lowest BCUT2D eigenvalue weighted by molar-refractivity contribution is 0.240. The zero-order chi connectivity index (χ0) is 12.0. The summed E-state index contributed by atoms with van der Waals surface area (Å²) in [5.41, 5.74) is 1.30. The van der Waals surface area contributed by atoms with E-state index in [4.69, 9.17) is 0 Å². The summed E-state index contributed by atoms with van der Waals surface area (Å²) in [5.74, 6) is 0. The first-order chi connectivity index (χ1) is 7.63. The van der Waals surface area contributed by atoms with Crippen molar-refractivity contribution in [3.63, 3.8) is 0 Å². The van der Waals surface area contributed by atoms with E-state index in [-0.39, 0.29) is 6.03 Å². The van der Waals surface area contributed by atoms with Crippen LogP contribution >= 0.6 is 11.3 Å². The van der Waals surface area contributed by atoms with Crippen LogP contribution in [0.3, 0.4) is 0 Å². The monoisotopic (exact) mass is 240 g/mol. The molecular weight excluding hydrogens is 220 g/mol. The molecule has 0 aromatic carbocycles. The topological polar surface area (TPSA) is 41.1 Å². The third kappa shape index (κ3) is 4.23. The lowest BCUT2D eigenvalue weighted by Gasteiger charge is -2.05. The second-order valence-corrected chi connectivity index (χ2v) is 5.26. The highest BCUT2D eigenvalue weighted by Crippen LogP contribution is 2.19. The fourth-order valence-electron chi connectivity index (χ4n) is 1.35. The number of amides is 2. The fraction of sp³-hybridized carbons (Fsp3) is 0.583. The minimum absolute atomic E-state index is 0.0721. The van der Waals surface area contributed by atoms with E-state index in [0.29, 0.717) is 6.54 Å². The number of urea groups is 1. The molecule has 2 N–H and O–H groups in total. The SMILES string of the molecule is CCCCNC(=O)NCc1cc(C)c(C)s1. The summed E-state index contributed by atoms with van der Waals surface area (Å²) in [6.45, 7) is 7.68. The Morgan fingerprint density at radius 3 is 2.69 bits per heavy atom. The number of carbonyl (C=O) groups is 1. The lowest BCUT2D eigenvalue weighted by Crippen LogP contribution is -2.35. The van der Waals surface area contributed by atoms with Gasteiger partial charge in [0.05, 0.1) is 6.54 Å². The van der Waals surface area contributed by atoms with Crippen molar-refractivity contribution < 1.29 is 4.79 Å². The van der Waals surface area contributed by atoms with E-state index >= 15 is 0 Å². The van der Waals surface area contributed by atoms with E-state index < -0.39 is 0 Å². The van der Waals surface area contributed by atoms with Gasteiger partial charge < -0.3 is 10.6 Å². The largest absolute Gasteiger partial charge is 0.338 e. The van der Waals surface area contributed by atoms with E-state index in [1.54, 1.807) is 11.3 Å². The highest BCUT2D eigenvalue weighted by molar-refractivity contribution is 7.12. The minimum Gasteiger partial charge on any atom is -0.338 e. The molecule has 0 aliphatic heterocycles. The van der Waals surface area contributed by atoms with Crippen molar-refractivity contribution in [2.75, 3.05) is 6.54 Å². The van der Waals surface area contributed by atoms with Crippen LogP contribution in [0.5, 0.6) is 0 Å². The van der Waals surface area contributed by atoms with Gasteiger partial charge in [-0.2, -0.15) is 0 Å². The molecule has 0 bridgehead atoms. The Labute approximate surface area is 101 Å². The van der Waals surface area contributed by atoms with Crippen molar-refractivity contribution in [2.45, 2.75) is 40.2 Å². The van der Waals surface area contributed by atoms with Gasteiger partial charge in [-0.15, -0.1) is 11.3 Å². The second-order valence-electron chi connectivity index (χ2n) is 3.91. The van der Waals surface area contributed by atoms with Crippen LogP contribution < -0.4 is 10.6 Å². The number of hydrogen-bond acceptors (Lipinski definition) is 2. The minimum atomic E-state index is -0.0721. The quantitative estimate of drug-likeness (QED) is 0.763. The average molecular weight is 240 g/mol. The third-order valence-electron chi connectivity index (χ3n) is 2.46. The smallest absolute Gasteiger partial charge is 0.315 e. The maximum atomic E-state index is 11.4. The molecule has 0 spiro atoms. The van der Waals surface area contributed by atoms with Crippen LogP contribution in [-0.2, 0) is 6.54 Å². The molecule has 16 heavy (non-hydrogen) atoms. The molecule has 1 aromatic heterocycles. The molecule has 0 aliphatic rings. The zero-order valence-electron chi connectivity index (χ0n) is 10.2. The van der Waals surface area contributed by atoms with Crippen LogP contribution in [0.1, 0.15) is 35.1 Å². The summed E-state index contributed by atoms with van der Waals surface area (Å²) in [7, 11) is 0. The van der Waals surface area contributed by atoms with Crippen LogP contribution in [0, 0.1) is 13.8 Å². The van der Waals surface area contributed by atoms with Gasteiger partial charge in [-0.1, -0.05) is 13.3 Å². The van der Waals surface area contributed by atoms with Gasteiger partial charge in [0, 0.05) is 16.3 Å². The maximum Gasteiger partial charge on any atom is 0.315 e. The number of rotatable bonds is 5. The summed E-state index contributed by atoms with van der Waals surface area (Å²) >= 11 is 1.74. The van der Waals surface area contributed by atoms with Gasteiger partial charge in [-0.25, -0.2) is 4.79 Å². The van der Waals surface area contributed by atoms with Crippen LogP contribution in [0.25, 0.3) is 0 Å². The van der Waals surface area contributed by atoms with Crippen LogP contribution in [-0.4, -0.2) is 12.6 Å². The van der Waals surface area contributed by atoms with Crippen molar-refractivity contribution in [1.82, 2.24) is 10.6 Å². The van der Waals surface area contributed by atoms with Gasteiger partial charge in [0.2, 0.25) is 0 Å². The predicted molar refractivity (Wildman–Crippen MR) is 68.9 cm³/mol. The molecule has 0 aliphatic carbocycles. The Morgan fingerprint density at radius 1 is 1.38 bits per heavy atom. The van der Waals surface area contributed by atoms with Crippen LogP contribution in [0.2, 0.25) is 0 Å². The molecule has 2 amide bonds. The van der Waals surface area contributed by atoms with E-state index in [2.05, 4.69) is 37.5 Å². The molecule has 0 fully saturated rings. The van der Waals surface area contributed by atoms with Crippen LogP contribution in [0.15, 0.2) is 6.07 Å². The van der Waals surface area contributed by atoms with Gasteiger partial charge >= 0.3 is 6.03 Å². The Bertz CT molecular complexity index is 327. The number of nitrogens with one attached hydrogen (secondary N) is 2. The molecule has 1 rings (SSSR count). The van der Waals surface area contributed by atoms with E-state index in [1.165, 1.54) is 15.3 Å². The first-order valence-corrected chi connectivity index (χ1v) is 6.52. The normalized spacial score (nSPS) is 10.2. The number of thiophene rings is 1. The summed E-state index contributed by atoms with van der Waals surface area (Å²) in [6, 6.07) is 2.06. The second kappa shape index (κ2) is 6.53. The highest BCUT2D eigenvalue weighted by atomic mass is 32.1. The Hall–Kier alpha value is -1.03. The third-order valence-corrected chi connectivity index (χ3v) is 3.61. The molecule has 4 heteroatoms. The Morgan fingerprint density at radius 2 is 2.12 bits per heavy atom. The number of hydrogen-bond donors (Lipinski definition) is 2. The van der Waals surface area contributed by atoms with Gasteiger partial charge in [-0.3, -0.25) is 0 Å². The van der Waals surface area contributed by atoms with Gasteiger partial charge in [0.1, 0.15) is 0 Å². The van der Waals surface area contributed by atoms with Gasteiger partial charge in [-0.05, 0) is 31.9 Å². The average Bonchev–Trinajstić information content (AvgIpc) is 2.56. The molecule has 0 saturated heterocycles. The van der Waals surface area contributed by atoms with Gasteiger partial charge in [0.15, 0.2) is 0 Å². The molecule has 0 unspecified atom stereocenters. The Balaban J connectivity index is 2.26. The summed E-state index contributed by atoms with van der Waals surface area (Å²) < 4.78 is 0. The number of aryl methyl sites for hydroxylation is 2. The molecule has 1 aromatic rings. The molecule has 0 saturated carbocycles. The lowest BCUT2D eigenvalue weighted by atomic mass is 10.3. The molecular formula is C12H20N2OS. The van der Waals surface area contributed by atoms with Crippen molar-refractivity contribution in [3.8, 4) is 0 Å². The zero-order valence-corrected chi connectivity index (χ0v) is 11.0. The van der Waals surface area contributed by atoms with E-state index in [0.717, 1.165) is 19.4 Å². The molecule has 0 radical (unpaired) electrons. The molecule has 1 heterocycles. The van der Waals surface area contributed by atoms with Gasteiger partial charge in [0.25, 0.3) is 0 Å². The van der Waals surface area contributed by atoms with Crippen molar-refractivity contribution in [2.24, 2.45) is 0 Å². The maximum absolute atomic E-state index is 11.4. The first kappa shape index (κ1) is 13.0. The summed E-state index contributed by atoms with van der Waals surface area (Å²) in [5, 5.41) is 5.69. The fourth-order valence-corrected chi connectivity index (χ4v) is 2.34. The van der Waals surface area contributed by atoms with Crippen molar-refractivity contribution in [3.05, 3.63) is 21.4 Å². The number of carbonyl (C=O) groups excluding carboxylic acids is 1. The number of unbranched alkanes of at least 4 members (excludes halogenated alkanes) is 1. The summed E-state index contributed by atoms with van der Waals surface area (Å²) in [4.78, 5) is 13.9. The van der Waals surface area contributed by atoms with E-state index in [1.807, 2.05) is 0 Å². The van der Waals surface area contributed by atoms with Crippen molar-refractivity contribution >= 4 is 17.4 Å². The first-order valence-electron chi connectivity index (χ1n) is 5.71. The highest BCUT2D eigenvalue weighted by Gasteiger charge is 2.03. The van der Waals surface area contributed by atoms with E-state index in [9.17, 15) is 4.79 Å². The van der Waals surface area contributed by atoms with Crippen LogP contribution in [0.4, 0.5) is 4.79 Å². The van der Waals surface area contributed by atoms with Crippen molar-refractivity contribution in [1.29, 1.82) is 0 Å². The molecule has 90 valence electrons. The Kier molecular flexibility index (Phi) is 5.32. The molecule has 0 atom stereocenters. The standard InChI is InChI=1S/C12H20N2OS/c1-4-5-6-13-12(15)14-8-11-7-9(2)10(3)16-11/h7H,4-6,8H2,1-3H3,(H2,13,14,15). The molecule has 3 nitrogen and oxygen atoms in total. The predicted octanol–water partition coefficient (Wildman–Crippen LogP) is 2.96.